The van der Waals surface area contributed by atoms with E-state index < -0.39 is 13.9 Å². The Hall–Kier alpha value is -1.45. The van der Waals surface area contributed by atoms with Gasteiger partial charge in [0, 0.05) is 13.5 Å². The molecule has 0 spiro atoms. The van der Waals surface area contributed by atoms with Gasteiger partial charge in [0.25, 0.3) is 0 Å². The van der Waals surface area contributed by atoms with E-state index in [1.165, 1.54) is 25.7 Å². The molecule has 154 valence electrons. The van der Waals surface area contributed by atoms with E-state index >= 15 is 0 Å². The standard InChI is InChI=1S/C21H34FO4P/c1-3-4-5-6-7-8-9-10-11-12-13-14-15-16-17-18-19-20-21(23)26-27(22,24)25-2/h7-8,10-11,13-14,16-17H,3-6,9,12,15,18-20H2,1-2H3/b8-7-,11-10-,14-13-,17-16-. The number of rotatable bonds is 16. The highest BCUT2D eigenvalue weighted by Gasteiger charge is 2.26. The number of carbonyl (C=O) groups is 1. The molecule has 0 aromatic heterocycles. The lowest BCUT2D eigenvalue weighted by Gasteiger charge is -2.05. The van der Waals surface area contributed by atoms with Gasteiger partial charge in [-0.25, -0.2) is 4.57 Å². The van der Waals surface area contributed by atoms with Gasteiger partial charge in [0.15, 0.2) is 0 Å². The van der Waals surface area contributed by atoms with Crippen LogP contribution in [-0.4, -0.2) is 13.1 Å². The molecule has 0 saturated carbocycles. The normalized spacial score (nSPS) is 14.6. The quantitative estimate of drug-likeness (QED) is 0.154. The molecule has 0 aliphatic carbocycles. The molecule has 0 aromatic carbocycles. The molecule has 0 N–H and O–H groups in total. The Balaban J connectivity index is 3.59. The third-order valence-electron chi connectivity index (χ3n) is 3.64. The maximum absolute atomic E-state index is 12.9. The van der Waals surface area contributed by atoms with Crippen LogP contribution >= 0.6 is 7.91 Å². The van der Waals surface area contributed by atoms with Gasteiger partial charge >= 0.3 is 13.9 Å². The highest BCUT2D eigenvalue weighted by Crippen LogP contribution is 2.49. The number of hydrogen-bond acceptors (Lipinski definition) is 4. The molecule has 0 rings (SSSR count). The Kier molecular flexibility index (Phi) is 17.0. The van der Waals surface area contributed by atoms with Crippen molar-refractivity contribution in [2.75, 3.05) is 7.11 Å². The van der Waals surface area contributed by atoms with Crippen LogP contribution in [0, 0.1) is 0 Å². The molecule has 0 aliphatic rings. The summed E-state index contributed by atoms with van der Waals surface area (Å²) >= 11 is 0. The first-order valence-corrected chi connectivity index (χ1v) is 11.1. The number of unbranched alkanes of at least 4 members (excludes halogenated alkanes) is 4. The van der Waals surface area contributed by atoms with Crippen LogP contribution < -0.4 is 0 Å². The predicted octanol–water partition coefficient (Wildman–Crippen LogP) is 7.40. The second-order valence-electron chi connectivity index (χ2n) is 6.06. The Labute approximate surface area is 163 Å². The van der Waals surface area contributed by atoms with Crippen LogP contribution in [0.5, 0.6) is 0 Å². The third-order valence-corrected chi connectivity index (χ3v) is 4.50. The SMILES string of the molecule is CCCCC/C=C\C/C=C\C/C=C\C/C=C\CCCC(=O)OP(=O)(F)OC. The van der Waals surface area contributed by atoms with E-state index in [1.807, 2.05) is 12.2 Å². The summed E-state index contributed by atoms with van der Waals surface area (Å²) in [4.78, 5) is 11.2. The number of halogens is 1. The molecule has 0 heterocycles. The van der Waals surface area contributed by atoms with Gasteiger partial charge in [0.2, 0.25) is 0 Å². The van der Waals surface area contributed by atoms with Gasteiger partial charge in [-0.2, -0.15) is 0 Å². The first-order chi connectivity index (χ1) is 13.0. The largest absolute Gasteiger partial charge is 0.571 e. The molecule has 0 bridgehead atoms. The van der Waals surface area contributed by atoms with E-state index in [4.69, 9.17) is 0 Å². The van der Waals surface area contributed by atoms with Gasteiger partial charge in [0.1, 0.15) is 0 Å². The summed E-state index contributed by atoms with van der Waals surface area (Å²) in [6.45, 7) is 2.22. The van der Waals surface area contributed by atoms with Gasteiger partial charge in [-0.15, -0.1) is 4.20 Å². The molecule has 0 amide bonds. The van der Waals surface area contributed by atoms with E-state index in [0.717, 1.165) is 26.4 Å². The number of allylic oxidation sites excluding steroid dienone is 8. The summed E-state index contributed by atoms with van der Waals surface area (Å²) in [5.41, 5.74) is 0. The summed E-state index contributed by atoms with van der Waals surface area (Å²) in [7, 11) is -3.81. The Morgan fingerprint density at radius 2 is 1.33 bits per heavy atom. The second kappa shape index (κ2) is 17.9. The topological polar surface area (TPSA) is 52.6 Å². The van der Waals surface area contributed by atoms with Crippen molar-refractivity contribution in [3.8, 4) is 0 Å². The van der Waals surface area contributed by atoms with Crippen molar-refractivity contribution in [3.05, 3.63) is 48.6 Å². The summed E-state index contributed by atoms with van der Waals surface area (Å²) < 4.78 is 31.7. The molecular weight excluding hydrogens is 366 g/mol. The van der Waals surface area contributed by atoms with Crippen LogP contribution in [-0.2, 0) is 18.4 Å². The number of hydrogen-bond donors (Lipinski definition) is 0. The first-order valence-electron chi connectivity index (χ1n) is 9.69. The van der Waals surface area contributed by atoms with Crippen LogP contribution in [0.2, 0.25) is 0 Å². The zero-order valence-corrected chi connectivity index (χ0v) is 17.5. The van der Waals surface area contributed by atoms with Crippen LogP contribution in [0.4, 0.5) is 4.20 Å². The maximum Gasteiger partial charge on any atom is 0.571 e. The molecule has 1 atom stereocenters. The van der Waals surface area contributed by atoms with E-state index in [9.17, 15) is 13.6 Å². The predicted molar refractivity (Wildman–Crippen MR) is 110 cm³/mol. The minimum atomic E-state index is -4.71. The van der Waals surface area contributed by atoms with Crippen LogP contribution in [0.1, 0.15) is 71.1 Å². The molecule has 0 aliphatic heterocycles. The maximum atomic E-state index is 12.9. The van der Waals surface area contributed by atoms with Gasteiger partial charge in [-0.1, -0.05) is 68.4 Å². The average molecular weight is 400 g/mol. The van der Waals surface area contributed by atoms with E-state index in [1.54, 1.807) is 0 Å². The van der Waals surface area contributed by atoms with Crippen molar-refractivity contribution < 1.29 is 22.6 Å². The zero-order chi connectivity index (χ0) is 20.2. The molecule has 0 fully saturated rings. The molecule has 4 nitrogen and oxygen atoms in total. The zero-order valence-electron chi connectivity index (χ0n) is 16.6. The Bertz CT molecular complexity index is 538. The molecule has 1 unspecified atom stereocenters. The Morgan fingerprint density at radius 3 is 1.81 bits per heavy atom. The number of carbonyl (C=O) groups excluding carboxylic acids is 1. The minimum Gasteiger partial charge on any atom is -0.367 e. The fraction of sp³-hybridized carbons (Fsp3) is 0.571. The smallest absolute Gasteiger partial charge is 0.367 e. The molecule has 0 radical (unpaired) electrons. The fourth-order valence-corrected chi connectivity index (χ4v) is 2.54. The minimum absolute atomic E-state index is 0.00922. The Morgan fingerprint density at radius 1 is 0.852 bits per heavy atom. The lowest BCUT2D eigenvalue weighted by atomic mass is 10.2. The van der Waals surface area contributed by atoms with E-state index in [0.29, 0.717) is 12.8 Å². The van der Waals surface area contributed by atoms with E-state index in [-0.39, 0.29) is 6.42 Å². The average Bonchev–Trinajstić information content (AvgIpc) is 2.64. The highest BCUT2D eigenvalue weighted by molar-refractivity contribution is 7.48. The second-order valence-corrected chi connectivity index (χ2v) is 7.47. The lowest BCUT2D eigenvalue weighted by molar-refractivity contribution is -0.135. The molecular formula is C21H34FO4P. The van der Waals surface area contributed by atoms with Crippen molar-refractivity contribution >= 4 is 13.9 Å². The van der Waals surface area contributed by atoms with Gasteiger partial charge in [0.05, 0.1) is 0 Å². The van der Waals surface area contributed by atoms with Crippen LogP contribution in [0.15, 0.2) is 48.6 Å². The van der Waals surface area contributed by atoms with Crippen molar-refractivity contribution in [1.29, 1.82) is 0 Å². The lowest BCUT2D eigenvalue weighted by Crippen LogP contribution is -2.01. The summed E-state index contributed by atoms with van der Waals surface area (Å²) in [6, 6.07) is 0. The molecule has 6 heteroatoms. The van der Waals surface area contributed by atoms with Gasteiger partial charge in [-0.3, -0.25) is 9.32 Å². The van der Waals surface area contributed by atoms with Gasteiger partial charge in [-0.05, 0) is 44.9 Å². The van der Waals surface area contributed by atoms with Crippen molar-refractivity contribution in [2.24, 2.45) is 0 Å². The monoisotopic (exact) mass is 400 g/mol. The molecule has 0 saturated heterocycles. The van der Waals surface area contributed by atoms with E-state index in [2.05, 4.69) is 52.4 Å². The van der Waals surface area contributed by atoms with Crippen molar-refractivity contribution in [1.82, 2.24) is 0 Å². The first kappa shape index (κ1) is 25.6. The summed E-state index contributed by atoms with van der Waals surface area (Å²) in [6.07, 6.45) is 26.0. The summed E-state index contributed by atoms with van der Waals surface area (Å²) in [5, 5.41) is 0. The molecule has 27 heavy (non-hydrogen) atoms. The molecule has 0 aromatic rings. The van der Waals surface area contributed by atoms with Crippen LogP contribution in [0.3, 0.4) is 0 Å². The van der Waals surface area contributed by atoms with Crippen LogP contribution in [0.25, 0.3) is 0 Å². The van der Waals surface area contributed by atoms with Gasteiger partial charge < -0.3 is 4.52 Å². The summed E-state index contributed by atoms with van der Waals surface area (Å²) in [5.74, 6) is -0.849. The van der Waals surface area contributed by atoms with Crippen molar-refractivity contribution in [2.45, 2.75) is 71.1 Å². The van der Waals surface area contributed by atoms with Crippen molar-refractivity contribution in [3.63, 3.8) is 0 Å². The highest BCUT2D eigenvalue weighted by atomic mass is 31.2. The third kappa shape index (κ3) is 19.1. The fourth-order valence-electron chi connectivity index (χ4n) is 2.13.